The number of methoxy groups -OCH3 is 1. The lowest BCUT2D eigenvalue weighted by atomic mass is 10.00. The molecule has 0 aliphatic carbocycles. The molecule has 2 amide bonds. The molecule has 0 fully saturated rings. The summed E-state index contributed by atoms with van der Waals surface area (Å²) in [6.45, 7) is 5.46. The van der Waals surface area contributed by atoms with Crippen LogP contribution in [0.25, 0.3) is 0 Å². The summed E-state index contributed by atoms with van der Waals surface area (Å²) in [6, 6.07) is 14.6. The lowest BCUT2D eigenvalue weighted by molar-refractivity contribution is -0.135. The van der Waals surface area contributed by atoms with Crippen LogP contribution in [0.2, 0.25) is 0 Å². The van der Waals surface area contributed by atoms with E-state index in [1.807, 2.05) is 16.3 Å². The molecule has 196 valence electrons. The Morgan fingerprint density at radius 2 is 1.92 bits per heavy atom. The van der Waals surface area contributed by atoms with E-state index in [1.54, 1.807) is 59.7 Å². The fourth-order valence-corrected chi connectivity index (χ4v) is 5.37. The van der Waals surface area contributed by atoms with E-state index in [-0.39, 0.29) is 36.8 Å². The molecule has 8 heteroatoms. The first-order valence-electron chi connectivity index (χ1n) is 12.5. The molecular weight excluding hydrogens is 491 g/mol. The summed E-state index contributed by atoms with van der Waals surface area (Å²) in [4.78, 5) is 31.9. The Hall–Kier alpha value is -3.39. The highest BCUT2D eigenvalue weighted by Crippen LogP contribution is 2.34. The third kappa shape index (κ3) is 6.68. The molecule has 0 spiro atoms. The van der Waals surface area contributed by atoms with Crippen LogP contribution in [0.5, 0.6) is 11.5 Å². The average molecular weight is 525 g/mol. The van der Waals surface area contributed by atoms with Gasteiger partial charge in [-0.25, -0.2) is 4.39 Å². The minimum Gasteiger partial charge on any atom is -0.497 e. The molecule has 0 saturated heterocycles. The molecule has 4 rings (SSSR count). The van der Waals surface area contributed by atoms with Gasteiger partial charge in [0.05, 0.1) is 13.2 Å². The third-order valence-electron chi connectivity index (χ3n) is 6.54. The van der Waals surface area contributed by atoms with Crippen molar-refractivity contribution in [2.24, 2.45) is 5.92 Å². The van der Waals surface area contributed by atoms with Gasteiger partial charge in [0.1, 0.15) is 30.5 Å². The van der Waals surface area contributed by atoms with Crippen molar-refractivity contribution in [3.8, 4) is 11.5 Å². The van der Waals surface area contributed by atoms with Gasteiger partial charge in [-0.15, -0.1) is 11.3 Å². The number of carbonyl (C=O) groups is 2. The van der Waals surface area contributed by atoms with Crippen molar-refractivity contribution >= 4 is 23.2 Å². The predicted molar refractivity (Wildman–Crippen MR) is 143 cm³/mol. The van der Waals surface area contributed by atoms with Crippen molar-refractivity contribution in [2.45, 2.75) is 32.7 Å². The maximum Gasteiger partial charge on any atom is 0.254 e. The maximum atomic E-state index is 13.7. The van der Waals surface area contributed by atoms with Crippen LogP contribution in [0.15, 0.2) is 60.0 Å². The van der Waals surface area contributed by atoms with Gasteiger partial charge in [-0.2, -0.15) is 0 Å². The van der Waals surface area contributed by atoms with Crippen molar-refractivity contribution in [2.75, 3.05) is 33.4 Å². The van der Waals surface area contributed by atoms with E-state index >= 15 is 0 Å². The zero-order valence-corrected chi connectivity index (χ0v) is 22.3. The number of halogens is 1. The van der Waals surface area contributed by atoms with E-state index in [9.17, 15) is 14.0 Å². The Morgan fingerprint density at radius 3 is 2.65 bits per heavy atom. The standard InChI is InChI=1S/C29H33FN2O4S/c1-20(2)11-14-31(29(34)21-5-4-6-24(17-21)35-3)18-28(33)32-15-12-27-25(13-16-37-27)26(32)19-36-23-9-7-22(30)8-10-23/h4-10,13,16-17,20,26H,11-12,14-15,18-19H2,1-3H3/t26-/m1/s1. The summed E-state index contributed by atoms with van der Waals surface area (Å²) in [6.07, 6.45) is 1.55. The fourth-order valence-electron chi connectivity index (χ4n) is 4.44. The molecule has 6 nitrogen and oxygen atoms in total. The van der Waals surface area contributed by atoms with Gasteiger partial charge in [0.25, 0.3) is 5.91 Å². The van der Waals surface area contributed by atoms with Gasteiger partial charge in [-0.05, 0) is 78.2 Å². The Labute approximate surface area is 221 Å². The molecule has 1 aromatic heterocycles. The monoisotopic (exact) mass is 524 g/mol. The SMILES string of the molecule is COc1cccc(C(=O)N(CCC(C)C)CC(=O)N2CCc3sccc3[C@H]2COc2ccc(F)cc2)c1. The second-order valence-electron chi connectivity index (χ2n) is 9.56. The first-order chi connectivity index (χ1) is 17.9. The normalized spacial score (nSPS) is 14.8. The number of hydrogen-bond acceptors (Lipinski definition) is 5. The lowest BCUT2D eigenvalue weighted by Crippen LogP contribution is -2.48. The molecule has 0 N–H and O–H groups in total. The van der Waals surface area contributed by atoms with Gasteiger partial charge in [0, 0.05) is 23.5 Å². The number of benzene rings is 2. The van der Waals surface area contributed by atoms with Gasteiger partial charge >= 0.3 is 0 Å². The quantitative estimate of drug-likeness (QED) is 0.347. The van der Waals surface area contributed by atoms with Gasteiger partial charge in [-0.3, -0.25) is 9.59 Å². The second kappa shape index (κ2) is 12.2. The molecule has 1 aliphatic heterocycles. The highest BCUT2D eigenvalue weighted by Gasteiger charge is 2.33. The van der Waals surface area contributed by atoms with Crippen molar-refractivity contribution in [3.05, 3.63) is 81.8 Å². The number of rotatable bonds is 10. The molecule has 0 radical (unpaired) electrons. The topological polar surface area (TPSA) is 59.1 Å². The van der Waals surface area contributed by atoms with Gasteiger partial charge < -0.3 is 19.3 Å². The minimum atomic E-state index is -0.330. The molecule has 3 aromatic rings. The molecule has 0 unspecified atom stereocenters. The van der Waals surface area contributed by atoms with Crippen LogP contribution in [-0.4, -0.2) is 55.0 Å². The first-order valence-corrected chi connectivity index (χ1v) is 13.4. The molecule has 0 saturated carbocycles. The zero-order valence-electron chi connectivity index (χ0n) is 21.5. The van der Waals surface area contributed by atoms with Crippen molar-refractivity contribution in [3.63, 3.8) is 0 Å². The summed E-state index contributed by atoms with van der Waals surface area (Å²) in [5.41, 5.74) is 1.56. The van der Waals surface area contributed by atoms with Gasteiger partial charge in [0.15, 0.2) is 0 Å². The summed E-state index contributed by atoms with van der Waals surface area (Å²) in [5.74, 6) is 0.882. The molecule has 0 bridgehead atoms. The van der Waals surface area contributed by atoms with E-state index in [2.05, 4.69) is 13.8 Å². The number of fused-ring (bicyclic) bond motifs is 1. The van der Waals surface area contributed by atoms with Crippen molar-refractivity contribution in [1.82, 2.24) is 9.80 Å². The lowest BCUT2D eigenvalue weighted by Gasteiger charge is -2.37. The van der Waals surface area contributed by atoms with Crippen LogP contribution < -0.4 is 9.47 Å². The van der Waals surface area contributed by atoms with Gasteiger partial charge in [0.2, 0.25) is 5.91 Å². The van der Waals surface area contributed by atoms with E-state index < -0.39 is 0 Å². The van der Waals surface area contributed by atoms with Crippen molar-refractivity contribution < 1.29 is 23.5 Å². The Bertz CT molecular complexity index is 1210. The number of carbonyl (C=O) groups excluding carboxylic acids is 2. The van der Waals surface area contributed by atoms with Crippen LogP contribution in [0.4, 0.5) is 4.39 Å². The Balaban J connectivity index is 1.53. The van der Waals surface area contributed by atoms with Crippen molar-refractivity contribution in [1.29, 1.82) is 0 Å². The fraction of sp³-hybridized carbons (Fsp3) is 0.379. The third-order valence-corrected chi connectivity index (χ3v) is 7.54. The second-order valence-corrected chi connectivity index (χ2v) is 10.6. The van der Waals surface area contributed by atoms with Crippen LogP contribution in [0, 0.1) is 11.7 Å². The van der Waals surface area contributed by atoms with E-state index in [0.29, 0.717) is 36.1 Å². The molecule has 37 heavy (non-hydrogen) atoms. The predicted octanol–water partition coefficient (Wildman–Crippen LogP) is 5.59. The number of nitrogens with zero attached hydrogens (tertiary/aromatic N) is 2. The van der Waals surface area contributed by atoms with Crippen LogP contribution in [-0.2, 0) is 11.2 Å². The Morgan fingerprint density at radius 1 is 1.14 bits per heavy atom. The highest BCUT2D eigenvalue weighted by molar-refractivity contribution is 7.10. The van der Waals surface area contributed by atoms with Gasteiger partial charge in [-0.1, -0.05) is 19.9 Å². The Kier molecular flexibility index (Phi) is 8.82. The number of thiophene rings is 1. The summed E-state index contributed by atoms with van der Waals surface area (Å²) in [7, 11) is 1.56. The number of amides is 2. The van der Waals surface area contributed by atoms with Crippen LogP contribution in [0.1, 0.15) is 47.1 Å². The molecule has 1 aliphatic rings. The van der Waals surface area contributed by atoms with Crippen LogP contribution in [0.3, 0.4) is 0 Å². The first kappa shape index (κ1) is 26.7. The molecule has 2 heterocycles. The number of ether oxygens (including phenoxy) is 2. The minimum absolute atomic E-state index is 0.0186. The summed E-state index contributed by atoms with van der Waals surface area (Å²) < 4.78 is 24.6. The zero-order chi connectivity index (χ0) is 26.4. The molecule has 2 aromatic carbocycles. The summed E-state index contributed by atoms with van der Waals surface area (Å²) in [5, 5.41) is 2.03. The number of hydrogen-bond donors (Lipinski definition) is 0. The smallest absolute Gasteiger partial charge is 0.254 e. The van der Waals surface area contributed by atoms with Crippen LogP contribution >= 0.6 is 11.3 Å². The summed E-state index contributed by atoms with van der Waals surface area (Å²) >= 11 is 1.68. The average Bonchev–Trinajstić information content (AvgIpc) is 3.39. The van der Waals surface area contributed by atoms with E-state index in [4.69, 9.17) is 9.47 Å². The molecule has 1 atom stereocenters. The highest BCUT2D eigenvalue weighted by atomic mass is 32.1. The largest absolute Gasteiger partial charge is 0.497 e. The maximum absolute atomic E-state index is 13.7. The van der Waals surface area contributed by atoms with E-state index in [0.717, 1.165) is 18.4 Å². The van der Waals surface area contributed by atoms with E-state index in [1.165, 1.54) is 17.0 Å². The molecular formula is C29H33FN2O4S.